The van der Waals surface area contributed by atoms with Gasteiger partial charge in [-0.25, -0.2) is 14.2 Å². The molecule has 2 aromatic carbocycles. The van der Waals surface area contributed by atoms with Crippen LogP contribution in [0.15, 0.2) is 59.4 Å². The van der Waals surface area contributed by atoms with Crippen LogP contribution in [0.4, 0.5) is 4.39 Å². The van der Waals surface area contributed by atoms with E-state index in [1.54, 1.807) is 43.3 Å². The molecule has 0 unspecified atom stereocenters. The number of aromatic amines is 1. The Morgan fingerprint density at radius 1 is 1.24 bits per heavy atom. The normalized spacial score (nSPS) is 12.4. The van der Waals surface area contributed by atoms with Crippen molar-refractivity contribution in [2.24, 2.45) is 0 Å². The van der Waals surface area contributed by atoms with Crippen LogP contribution in [0, 0.1) is 5.82 Å². The van der Waals surface area contributed by atoms with Gasteiger partial charge >= 0.3 is 5.97 Å². The summed E-state index contributed by atoms with van der Waals surface area (Å²) in [7, 11) is 0. The van der Waals surface area contributed by atoms with Crippen molar-refractivity contribution in [2.45, 2.75) is 13.0 Å². The molecular weight excluding hydrogens is 323 g/mol. The number of benzene rings is 2. The standard InChI is InChI=1S/C19H15FN2O3/c1-12(18-21-16-8-3-2-7-15(16)19(24)22-18)25-17(23)10-9-13-5-4-6-14(20)11-13/h2-12H,1H3,(H,21,22,24)/b10-9+/t12-/m0/s1. The fraction of sp³-hybridized carbons (Fsp3) is 0.105. The van der Waals surface area contributed by atoms with Gasteiger partial charge in [-0.3, -0.25) is 4.79 Å². The summed E-state index contributed by atoms with van der Waals surface area (Å²) in [5.41, 5.74) is 0.778. The van der Waals surface area contributed by atoms with E-state index in [0.29, 0.717) is 16.5 Å². The number of para-hydroxylation sites is 1. The van der Waals surface area contributed by atoms with Crippen molar-refractivity contribution in [3.63, 3.8) is 0 Å². The van der Waals surface area contributed by atoms with Gasteiger partial charge in [-0.1, -0.05) is 24.3 Å². The van der Waals surface area contributed by atoms with Crippen molar-refractivity contribution in [3.05, 3.63) is 82.2 Å². The average molecular weight is 338 g/mol. The van der Waals surface area contributed by atoms with Gasteiger partial charge in [-0.2, -0.15) is 0 Å². The molecule has 0 aliphatic rings. The van der Waals surface area contributed by atoms with E-state index >= 15 is 0 Å². The Morgan fingerprint density at radius 3 is 2.84 bits per heavy atom. The second-order valence-electron chi connectivity index (χ2n) is 5.44. The quantitative estimate of drug-likeness (QED) is 0.585. The van der Waals surface area contributed by atoms with Crippen LogP contribution in [-0.4, -0.2) is 15.9 Å². The maximum Gasteiger partial charge on any atom is 0.331 e. The summed E-state index contributed by atoms with van der Waals surface area (Å²) < 4.78 is 18.3. The number of carbonyl (C=O) groups is 1. The van der Waals surface area contributed by atoms with E-state index in [1.165, 1.54) is 24.3 Å². The number of carbonyl (C=O) groups excluding carboxylic acids is 1. The molecular formula is C19H15FN2O3. The first kappa shape index (κ1) is 16.6. The van der Waals surface area contributed by atoms with Crippen LogP contribution in [0.1, 0.15) is 24.4 Å². The maximum absolute atomic E-state index is 13.1. The summed E-state index contributed by atoms with van der Waals surface area (Å²) in [5, 5.41) is 0.468. The third-order valence-electron chi connectivity index (χ3n) is 3.57. The third-order valence-corrected chi connectivity index (χ3v) is 3.57. The van der Waals surface area contributed by atoms with Crippen molar-refractivity contribution < 1.29 is 13.9 Å². The van der Waals surface area contributed by atoms with E-state index < -0.39 is 12.1 Å². The number of halogens is 1. The van der Waals surface area contributed by atoms with Gasteiger partial charge in [0.05, 0.1) is 10.9 Å². The van der Waals surface area contributed by atoms with Crippen molar-refractivity contribution in [1.82, 2.24) is 9.97 Å². The fourth-order valence-corrected chi connectivity index (χ4v) is 2.34. The zero-order valence-corrected chi connectivity index (χ0v) is 13.4. The lowest BCUT2D eigenvalue weighted by Crippen LogP contribution is -2.16. The summed E-state index contributed by atoms with van der Waals surface area (Å²) in [6, 6.07) is 12.7. The molecule has 0 radical (unpaired) electrons. The van der Waals surface area contributed by atoms with E-state index in [0.717, 1.165) is 0 Å². The molecule has 3 rings (SSSR count). The van der Waals surface area contributed by atoms with Crippen LogP contribution in [0.5, 0.6) is 0 Å². The van der Waals surface area contributed by atoms with Crippen LogP contribution in [0.2, 0.25) is 0 Å². The molecule has 0 spiro atoms. The lowest BCUT2D eigenvalue weighted by Gasteiger charge is -2.11. The lowest BCUT2D eigenvalue weighted by atomic mass is 10.2. The summed E-state index contributed by atoms with van der Waals surface area (Å²) in [6.07, 6.45) is 1.92. The zero-order valence-electron chi connectivity index (χ0n) is 13.4. The number of hydrogen-bond donors (Lipinski definition) is 1. The molecule has 1 atom stereocenters. The Kier molecular flexibility index (Phi) is 4.70. The number of nitrogens with zero attached hydrogens (tertiary/aromatic N) is 1. The lowest BCUT2D eigenvalue weighted by molar-refractivity contribution is -0.142. The number of nitrogens with one attached hydrogen (secondary N) is 1. The second-order valence-corrected chi connectivity index (χ2v) is 5.44. The van der Waals surface area contributed by atoms with Crippen LogP contribution < -0.4 is 5.56 Å². The molecule has 0 fully saturated rings. The summed E-state index contributed by atoms with van der Waals surface area (Å²) in [5.74, 6) is -0.745. The van der Waals surface area contributed by atoms with Gasteiger partial charge in [-0.15, -0.1) is 0 Å². The second kappa shape index (κ2) is 7.09. The molecule has 1 heterocycles. The van der Waals surface area contributed by atoms with Gasteiger partial charge in [-0.05, 0) is 42.8 Å². The van der Waals surface area contributed by atoms with Gasteiger partial charge in [0, 0.05) is 6.08 Å². The summed E-state index contributed by atoms with van der Waals surface area (Å²) >= 11 is 0. The predicted octanol–water partition coefficient (Wildman–Crippen LogP) is 3.38. The number of ether oxygens (including phenoxy) is 1. The van der Waals surface area contributed by atoms with Crippen molar-refractivity contribution in [3.8, 4) is 0 Å². The molecule has 0 aliphatic carbocycles. The minimum Gasteiger partial charge on any atom is -0.451 e. The smallest absolute Gasteiger partial charge is 0.331 e. The van der Waals surface area contributed by atoms with E-state index in [1.807, 2.05) is 0 Å². The minimum atomic E-state index is -0.734. The van der Waals surface area contributed by atoms with Gasteiger partial charge in [0.15, 0.2) is 11.9 Å². The largest absolute Gasteiger partial charge is 0.451 e. The molecule has 0 saturated carbocycles. The van der Waals surface area contributed by atoms with E-state index in [9.17, 15) is 14.0 Å². The molecule has 25 heavy (non-hydrogen) atoms. The summed E-state index contributed by atoms with van der Waals surface area (Å²) in [4.78, 5) is 30.9. The zero-order chi connectivity index (χ0) is 17.8. The predicted molar refractivity (Wildman–Crippen MR) is 92.3 cm³/mol. The minimum absolute atomic E-state index is 0.260. The van der Waals surface area contributed by atoms with Gasteiger partial charge < -0.3 is 9.72 Å². The average Bonchev–Trinajstić information content (AvgIpc) is 2.60. The third kappa shape index (κ3) is 3.98. The molecule has 3 aromatic rings. The van der Waals surface area contributed by atoms with Crippen LogP contribution >= 0.6 is 0 Å². The molecule has 0 amide bonds. The number of H-pyrrole nitrogens is 1. The Labute approximate surface area is 142 Å². The Bertz CT molecular complexity index is 1010. The van der Waals surface area contributed by atoms with Gasteiger partial charge in [0.25, 0.3) is 5.56 Å². The molecule has 126 valence electrons. The van der Waals surface area contributed by atoms with Crippen molar-refractivity contribution >= 4 is 22.9 Å². The number of rotatable bonds is 4. The molecule has 6 heteroatoms. The topological polar surface area (TPSA) is 72.0 Å². The SMILES string of the molecule is C[C@H](OC(=O)/C=C/c1cccc(F)c1)c1nc2ccccc2c(=O)[nH]1. The van der Waals surface area contributed by atoms with Gasteiger partial charge in [0.1, 0.15) is 5.82 Å². The molecule has 0 aliphatic heterocycles. The van der Waals surface area contributed by atoms with Crippen LogP contribution in [0.25, 0.3) is 17.0 Å². The first-order chi connectivity index (χ1) is 12.0. The number of esters is 1. The number of fused-ring (bicyclic) bond motifs is 1. The van der Waals surface area contributed by atoms with Crippen molar-refractivity contribution in [1.29, 1.82) is 0 Å². The summed E-state index contributed by atoms with van der Waals surface area (Å²) in [6.45, 7) is 1.61. The van der Waals surface area contributed by atoms with E-state index in [2.05, 4.69) is 9.97 Å². The van der Waals surface area contributed by atoms with Crippen LogP contribution in [-0.2, 0) is 9.53 Å². The number of aromatic nitrogens is 2. The Balaban J connectivity index is 1.74. The fourth-order valence-electron chi connectivity index (χ4n) is 2.34. The monoisotopic (exact) mass is 338 g/mol. The number of hydrogen-bond acceptors (Lipinski definition) is 4. The Hall–Kier alpha value is -3.28. The Morgan fingerprint density at radius 2 is 2.04 bits per heavy atom. The van der Waals surface area contributed by atoms with E-state index in [4.69, 9.17) is 4.74 Å². The molecule has 5 nitrogen and oxygen atoms in total. The molecule has 1 N–H and O–H groups in total. The molecule has 1 aromatic heterocycles. The molecule has 0 bridgehead atoms. The highest BCUT2D eigenvalue weighted by atomic mass is 19.1. The first-order valence-electron chi connectivity index (χ1n) is 7.66. The van der Waals surface area contributed by atoms with Crippen molar-refractivity contribution in [2.75, 3.05) is 0 Å². The highest BCUT2D eigenvalue weighted by Gasteiger charge is 2.14. The van der Waals surface area contributed by atoms with Gasteiger partial charge in [0.2, 0.25) is 0 Å². The molecule has 0 saturated heterocycles. The highest BCUT2D eigenvalue weighted by Crippen LogP contribution is 2.15. The highest BCUT2D eigenvalue weighted by molar-refractivity contribution is 5.87. The van der Waals surface area contributed by atoms with Crippen LogP contribution in [0.3, 0.4) is 0 Å². The maximum atomic E-state index is 13.1. The first-order valence-corrected chi connectivity index (χ1v) is 7.66. The van der Waals surface area contributed by atoms with E-state index in [-0.39, 0.29) is 17.2 Å².